The summed E-state index contributed by atoms with van der Waals surface area (Å²) in [5.41, 5.74) is 6.44. The van der Waals surface area contributed by atoms with E-state index in [1.54, 1.807) is 6.92 Å². The molecule has 17 heavy (non-hydrogen) atoms. The first kappa shape index (κ1) is 11.3. The molecule has 7 nitrogen and oxygen atoms in total. The number of hydrogen-bond acceptors (Lipinski definition) is 5. The third-order valence-corrected chi connectivity index (χ3v) is 2.62. The third-order valence-electron chi connectivity index (χ3n) is 2.30. The Hall–Kier alpha value is -2.15. The molecule has 2 rings (SSSR count). The van der Waals surface area contributed by atoms with Gasteiger partial charge in [0.1, 0.15) is 0 Å². The monoisotopic (exact) mass is 253 g/mol. The van der Waals surface area contributed by atoms with Gasteiger partial charge in [-0.3, -0.25) is 10.1 Å². The van der Waals surface area contributed by atoms with Crippen molar-refractivity contribution in [2.75, 3.05) is 5.73 Å². The summed E-state index contributed by atoms with van der Waals surface area (Å²) in [4.78, 5) is 10.2. The van der Waals surface area contributed by atoms with Gasteiger partial charge in [-0.1, -0.05) is 16.8 Å². The topological polar surface area (TPSA) is 99.9 Å². The minimum absolute atomic E-state index is 0.0714. The van der Waals surface area contributed by atoms with Crippen LogP contribution < -0.4 is 5.73 Å². The first-order valence-corrected chi connectivity index (χ1v) is 5.00. The van der Waals surface area contributed by atoms with E-state index in [1.165, 1.54) is 22.9 Å². The number of hydrogen-bond donors (Lipinski definition) is 1. The van der Waals surface area contributed by atoms with Gasteiger partial charge in [0.15, 0.2) is 5.82 Å². The maximum atomic E-state index is 10.7. The minimum Gasteiger partial charge on any atom is -0.381 e. The molecule has 88 valence electrons. The van der Waals surface area contributed by atoms with Crippen molar-refractivity contribution in [2.45, 2.75) is 6.92 Å². The van der Waals surface area contributed by atoms with E-state index in [-0.39, 0.29) is 11.5 Å². The van der Waals surface area contributed by atoms with E-state index in [2.05, 4.69) is 10.3 Å². The predicted octanol–water partition coefficient (Wildman–Crippen LogP) is 1.72. The summed E-state index contributed by atoms with van der Waals surface area (Å²) in [7, 11) is 0. The van der Waals surface area contributed by atoms with Gasteiger partial charge in [0, 0.05) is 12.1 Å². The molecule has 2 aromatic rings. The smallest absolute Gasteiger partial charge is 0.271 e. The van der Waals surface area contributed by atoms with Crippen molar-refractivity contribution in [3.8, 4) is 5.69 Å². The van der Waals surface area contributed by atoms with Gasteiger partial charge in [-0.25, -0.2) is 4.68 Å². The van der Waals surface area contributed by atoms with E-state index in [0.717, 1.165) is 0 Å². The van der Waals surface area contributed by atoms with Crippen molar-refractivity contribution in [3.63, 3.8) is 0 Å². The zero-order valence-corrected chi connectivity index (χ0v) is 9.55. The Morgan fingerprint density at radius 2 is 2.24 bits per heavy atom. The van der Waals surface area contributed by atoms with Crippen molar-refractivity contribution in [1.29, 1.82) is 0 Å². The number of halogens is 1. The van der Waals surface area contributed by atoms with Crippen molar-refractivity contribution in [3.05, 3.63) is 39.0 Å². The Labute approximate surface area is 101 Å². The molecule has 1 heterocycles. The van der Waals surface area contributed by atoms with E-state index >= 15 is 0 Å². The molecule has 1 aromatic heterocycles. The van der Waals surface area contributed by atoms with Crippen LogP contribution >= 0.6 is 11.6 Å². The molecule has 1 aromatic carbocycles. The SMILES string of the molecule is Cc1c(N)nnn1-c1cc([N+](=O)[O-])ccc1Cl. The fraction of sp³-hybridized carbons (Fsp3) is 0.111. The summed E-state index contributed by atoms with van der Waals surface area (Å²) < 4.78 is 1.37. The summed E-state index contributed by atoms with van der Waals surface area (Å²) in [6.45, 7) is 1.70. The van der Waals surface area contributed by atoms with Gasteiger partial charge >= 0.3 is 0 Å². The highest BCUT2D eigenvalue weighted by atomic mass is 35.5. The van der Waals surface area contributed by atoms with Gasteiger partial charge in [-0.05, 0) is 13.0 Å². The first-order valence-electron chi connectivity index (χ1n) is 4.63. The molecule has 0 saturated carbocycles. The zero-order valence-electron chi connectivity index (χ0n) is 8.79. The lowest BCUT2D eigenvalue weighted by atomic mass is 10.2. The number of aromatic nitrogens is 3. The molecule has 0 saturated heterocycles. The van der Waals surface area contributed by atoms with Gasteiger partial charge in [0.2, 0.25) is 0 Å². The van der Waals surface area contributed by atoms with Gasteiger partial charge in [-0.2, -0.15) is 0 Å². The average molecular weight is 254 g/mol. The molecule has 0 aliphatic rings. The summed E-state index contributed by atoms with van der Waals surface area (Å²) in [6, 6.07) is 4.08. The molecule has 0 unspecified atom stereocenters. The van der Waals surface area contributed by atoms with Crippen molar-refractivity contribution < 1.29 is 4.92 Å². The van der Waals surface area contributed by atoms with Crippen LogP contribution in [0.2, 0.25) is 5.02 Å². The summed E-state index contributed by atoms with van der Waals surface area (Å²) >= 11 is 5.96. The van der Waals surface area contributed by atoms with Gasteiger partial charge < -0.3 is 5.73 Å². The number of rotatable bonds is 2. The summed E-state index contributed by atoms with van der Waals surface area (Å²) in [5, 5.41) is 18.5. The number of nitrogens with two attached hydrogens (primary N) is 1. The highest BCUT2D eigenvalue weighted by Gasteiger charge is 2.14. The third kappa shape index (κ3) is 1.92. The maximum absolute atomic E-state index is 10.7. The molecular weight excluding hydrogens is 246 g/mol. The number of benzene rings is 1. The van der Waals surface area contributed by atoms with Crippen molar-refractivity contribution >= 4 is 23.1 Å². The van der Waals surface area contributed by atoms with Crippen molar-refractivity contribution in [1.82, 2.24) is 15.0 Å². The van der Waals surface area contributed by atoms with Crippen molar-refractivity contribution in [2.24, 2.45) is 0 Å². The quantitative estimate of drug-likeness (QED) is 0.649. The predicted molar refractivity (Wildman–Crippen MR) is 62.2 cm³/mol. The summed E-state index contributed by atoms with van der Waals surface area (Å²) in [5.74, 6) is 0.257. The molecular formula is C9H8ClN5O2. The summed E-state index contributed by atoms with van der Waals surface area (Å²) in [6.07, 6.45) is 0. The molecule has 0 fully saturated rings. The Balaban J connectivity index is 2.62. The lowest BCUT2D eigenvalue weighted by molar-refractivity contribution is -0.384. The number of nitrogen functional groups attached to an aromatic ring is 1. The van der Waals surface area contributed by atoms with Crippen LogP contribution in [0.1, 0.15) is 5.69 Å². The van der Waals surface area contributed by atoms with Crippen LogP contribution in [0.4, 0.5) is 11.5 Å². The minimum atomic E-state index is -0.505. The number of nitro groups is 1. The lowest BCUT2D eigenvalue weighted by Gasteiger charge is -2.05. The van der Waals surface area contributed by atoms with Crippen LogP contribution in [0, 0.1) is 17.0 Å². The molecule has 0 spiro atoms. The molecule has 8 heteroatoms. The van der Waals surface area contributed by atoms with Crippen LogP contribution in [0.3, 0.4) is 0 Å². The van der Waals surface area contributed by atoms with Gasteiger partial charge in [-0.15, -0.1) is 5.10 Å². The lowest BCUT2D eigenvalue weighted by Crippen LogP contribution is -2.01. The number of non-ortho nitro benzene ring substituents is 1. The highest BCUT2D eigenvalue weighted by Crippen LogP contribution is 2.26. The second-order valence-corrected chi connectivity index (χ2v) is 3.77. The van der Waals surface area contributed by atoms with E-state index in [4.69, 9.17) is 17.3 Å². The normalized spacial score (nSPS) is 10.5. The van der Waals surface area contributed by atoms with Crippen LogP contribution in [0.25, 0.3) is 5.69 Å². The van der Waals surface area contributed by atoms with E-state index in [1.807, 2.05) is 0 Å². The molecule has 0 radical (unpaired) electrons. The molecule has 0 aliphatic heterocycles. The molecule has 0 amide bonds. The molecule has 0 atom stereocenters. The fourth-order valence-electron chi connectivity index (χ4n) is 1.35. The molecule has 0 aliphatic carbocycles. The Morgan fingerprint density at radius 3 is 2.76 bits per heavy atom. The number of nitro benzene ring substituents is 1. The molecule has 2 N–H and O–H groups in total. The van der Waals surface area contributed by atoms with E-state index < -0.39 is 4.92 Å². The van der Waals surface area contributed by atoms with Crippen LogP contribution in [0.15, 0.2) is 18.2 Å². The Bertz CT molecular complexity index is 595. The van der Waals surface area contributed by atoms with E-state index in [9.17, 15) is 10.1 Å². The van der Waals surface area contributed by atoms with Gasteiger partial charge in [0.05, 0.1) is 21.3 Å². The van der Waals surface area contributed by atoms with E-state index in [0.29, 0.717) is 16.4 Å². The first-order chi connectivity index (χ1) is 8.00. The Kier molecular flexibility index (Phi) is 2.68. The second-order valence-electron chi connectivity index (χ2n) is 3.36. The van der Waals surface area contributed by atoms with Crippen LogP contribution in [0.5, 0.6) is 0 Å². The maximum Gasteiger partial charge on any atom is 0.271 e. The number of anilines is 1. The highest BCUT2D eigenvalue weighted by molar-refractivity contribution is 6.32. The fourth-order valence-corrected chi connectivity index (χ4v) is 1.54. The van der Waals surface area contributed by atoms with Crippen LogP contribution in [-0.4, -0.2) is 19.9 Å². The van der Waals surface area contributed by atoms with Crippen LogP contribution in [-0.2, 0) is 0 Å². The Morgan fingerprint density at radius 1 is 1.53 bits per heavy atom. The number of nitrogens with zero attached hydrogens (tertiary/aromatic N) is 4. The average Bonchev–Trinajstić information content (AvgIpc) is 2.60. The zero-order chi connectivity index (χ0) is 12.6. The second kappa shape index (κ2) is 4.02. The standard InChI is InChI=1S/C9H8ClN5O2/c1-5-9(11)12-13-14(5)8-4-6(15(16)17)2-3-7(8)10/h2-4H,11H2,1H3. The molecule has 0 bridgehead atoms. The van der Waals surface area contributed by atoms with Gasteiger partial charge in [0.25, 0.3) is 5.69 Å². The largest absolute Gasteiger partial charge is 0.381 e.